The van der Waals surface area contributed by atoms with Crippen molar-refractivity contribution in [2.24, 2.45) is 0 Å². The molecule has 0 saturated carbocycles. The van der Waals surface area contributed by atoms with Gasteiger partial charge in [-0.05, 0) is 24.3 Å². The van der Waals surface area contributed by atoms with Crippen LogP contribution in [-0.4, -0.2) is 18.4 Å². The van der Waals surface area contributed by atoms with Crippen LogP contribution in [0.1, 0.15) is 5.69 Å². The Morgan fingerprint density at radius 3 is 2.55 bits per heavy atom. The summed E-state index contributed by atoms with van der Waals surface area (Å²) in [6.45, 7) is 0. The topological polar surface area (TPSA) is 72.0 Å². The Morgan fingerprint density at radius 2 is 1.82 bits per heavy atom. The minimum Gasteiger partial charge on any atom is -0.316 e. The third-order valence-corrected chi connectivity index (χ3v) is 5.36. The number of nitrogens with one attached hydrogen (secondary N) is 1. The number of benzene rings is 1. The zero-order chi connectivity index (χ0) is 15.4. The molecule has 2 aromatic heterocycles. The smallest absolute Gasteiger partial charge is 0.188 e. The first-order valence-electron chi connectivity index (χ1n) is 6.54. The molecule has 2 heterocycles. The van der Waals surface area contributed by atoms with Crippen LogP contribution in [0.25, 0.3) is 0 Å². The van der Waals surface area contributed by atoms with Gasteiger partial charge in [-0.1, -0.05) is 24.3 Å². The molecule has 0 bridgehead atoms. The van der Waals surface area contributed by atoms with Gasteiger partial charge in [0.25, 0.3) is 0 Å². The monoisotopic (exact) mass is 331 g/mol. The van der Waals surface area contributed by atoms with E-state index >= 15 is 0 Å². The van der Waals surface area contributed by atoms with E-state index in [2.05, 4.69) is 15.3 Å². The summed E-state index contributed by atoms with van der Waals surface area (Å²) in [4.78, 5) is 8.75. The van der Waals surface area contributed by atoms with Gasteiger partial charge >= 0.3 is 0 Å². The number of nitrogens with zero attached hydrogens (tertiary/aromatic N) is 2. The van der Waals surface area contributed by atoms with Crippen molar-refractivity contribution in [3.8, 4) is 0 Å². The van der Waals surface area contributed by atoms with Gasteiger partial charge in [0.15, 0.2) is 15.0 Å². The SMILES string of the molecule is O=S(=O)(Cc1csc(Nc2ccccn2)n1)c1ccccc1. The Morgan fingerprint density at radius 1 is 1.05 bits per heavy atom. The molecule has 0 amide bonds. The van der Waals surface area contributed by atoms with Gasteiger partial charge in [-0.25, -0.2) is 18.4 Å². The lowest BCUT2D eigenvalue weighted by Crippen LogP contribution is -2.05. The van der Waals surface area contributed by atoms with Crippen molar-refractivity contribution < 1.29 is 8.42 Å². The van der Waals surface area contributed by atoms with Crippen molar-refractivity contribution in [3.05, 3.63) is 65.8 Å². The summed E-state index contributed by atoms with van der Waals surface area (Å²) in [6, 6.07) is 13.9. The Kier molecular flexibility index (Phi) is 4.17. The molecule has 22 heavy (non-hydrogen) atoms. The lowest BCUT2D eigenvalue weighted by molar-refractivity contribution is 0.595. The second kappa shape index (κ2) is 6.25. The molecule has 3 aromatic rings. The van der Waals surface area contributed by atoms with Crippen LogP contribution in [0.5, 0.6) is 0 Å². The molecule has 0 saturated heterocycles. The van der Waals surface area contributed by atoms with Crippen molar-refractivity contribution in [3.63, 3.8) is 0 Å². The van der Waals surface area contributed by atoms with Crippen LogP contribution in [0.4, 0.5) is 10.9 Å². The molecule has 0 aliphatic rings. The molecule has 0 spiro atoms. The number of hydrogen-bond donors (Lipinski definition) is 1. The fourth-order valence-corrected chi connectivity index (χ4v) is 3.98. The summed E-state index contributed by atoms with van der Waals surface area (Å²) < 4.78 is 24.6. The average molecular weight is 331 g/mol. The Hall–Kier alpha value is -2.25. The highest BCUT2D eigenvalue weighted by atomic mass is 32.2. The molecule has 112 valence electrons. The second-order valence-corrected chi connectivity index (χ2v) is 7.40. The van der Waals surface area contributed by atoms with Crippen LogP contribution in [0, 0.1) is 0 Å². The van der Waals surface area contributed by atoms with E-state index in [1.54, 1.807) is 41.9 Å². The molecule has 7 heteroatoms. The number of thiazole rings is 1. The predicted octanol–water partition coefficient (Wildman–Crippen LogP) is 3.26. The van der Waals surface area contributed by atoms with Crippen molar-refractivity contribution in [1.29, 1.82) is 0 Å². The molecular weight excluding hydrogens is 318 g/mol. The minimum absolute atomic E-state index is 0.114. The molecular formula is C15H13N3O2S2. The first-order chi connectivity index (χ1) is 10.6. The maximum Gasteiger partial charge on any atom is 0.188 e. The van der Waals surface area contributed by atoms with Crippen molar-refractivity contribution in [1.82, 2.24) is 9.97 Å². The van der Waals surface area contributed by atoms with Gasteiger partial charge in [-0.15, -0.1) is 11.3 Å². The molecule has 0 unspecified atom stereocenters. The van der Waals surface area contributed by atoms with E-state index in [0.29, 0.717) is 21.5 Å². The summed E-state index contributed by atoms with van der Waals surface area (Å²) in [7, 11) is -3.37. The predicted molar refractivity (Wildman–Crippen MR) is 87.0 cm³/mol. The first kappa shape index (κ1) is 14.7. The van der Waals surface area contributed by atoms with Gasteiger partial charge in [0.1, 0.15) is 5.82 Å². The fourth-order valence-electron chi connectivity index (χ4n) is 1.88. The van der Waals surface area contributed by atoms with Gasteiger partial charge < -0.3 is 5.32 Å². The van der Waals surface area contributed by atoms with Crippen LogP contribution >= 0.6 is 11.3 Å². The lowest BCUT2D eigenvalue weighted by Gasteiger charge is -2.02. The Bertz CT molecular complexity index is 847. The molecule has 1 N–H and O–H groups in total. The Labute approximate surface area is 132 Å². The lowest BCUT2D eigenvalue weighted by atomic mass is 10.4. The second-order valence-electron chi connectivity index (χ2n) is 4.56. The van der Waals surface area contributed by atoms with Gasteiger partial charge in [-0.2, -0.15) is 0 Å². The molecule has 0 atom stereocenters. The van der Waals surface area contributed by atoms with Crippen molar-refractivity contribution in [2.45, 2.75) is 10.6 Å². The number of anilines is 2. The maximum absolute atomic E-state index is 12.3. The van der Waals surface area contributed by atoms with Crippen molar-refractivity contribution >= 4 is 32.1 Å². The largest absolute Gasteiger partial charge is 0.316 e. The van der Waals surface area contributed by atoms with Gasteiger partial charge in [-0.3, -0.25) is 0 Å². The third-order valence-electron chi connectivity index (χ3n) is 2.89. The van der Waals surface area contributed by atoms with Crippen LogP contribution in [-0.2, 0) is 15.6 Å². The highest BCUT2D eigenvalue weighted by Gasteiger charge is 2.17. The van der Waals surface area contributed by atoms with E-state index in [4.69, 9.17) is 0 Å². The van der Waals surface area contributed by atoms with Crippen LogP contribution in [0.15, 0.2) is 65.0 Å². The maximum atomic E-state index is 12.3. The number of sulfone groups is 1. The third kappa shape index (κ3) is 3.49. The van der Waals surface area contributed by atoms with Crippen LogP contribution in [0.2, 0.25) is 0 Å². The average Bonchev–Trinajstić information content (AvgIpc) is 2.95. The molecule has 1 aromatic carbocycles. The van der Waals surface area contributed by atoms with Gasteiger partial charge in [0.05, 0.1) is 16.3 Å². The summed E-state index contributed by atoms with van der Waals surface area (Å²) >= 11 is 1.35. The van der Waals surface area contributed by atoms with Gasteiger partial charge in [0, 0.05) is 11.6 Å². The first-order valence-corrected chi connectivity index (χ1v) is 9.07. The number of aromatic nitrogens is 2. The summed E-state index contributed by atoms with van der Waals surface area (Å²) in [5.41, 5.74) is 0.521. The van der Waals surface area contributed by atoms with Crippen molar-refractivity contribution in [2.75, 3.05) is 5.32 Å². The summed E-state index contributed by atoms with van der Waals surface area (Å²) in [6.07, 6.45) is 1.68. The molecule has 0 aliphatic heterocycles. The molecule has 0 fully saturated rings. The highest BCUT2D eigenvalue weighted by molar-refractivity contribution is 7.90. The molecule has 5 nitrogen and oxygen atoms in total. The van der Waals surface area contributed by atoms with E-state index in [9.17, 15) is 8.42 Å². The highest BCUT2D eigenvalue weighted by Crippen LogP contribution is 2.22. The van der Waals surface area contributed by atoms with Gasteiger partial charge in [0.2, 0.25) is 0 Å². The van der Waals surface area contributed by atoms with E-state index < -0.39 is 9.84 Å². The molecule has 0 radical (unpaired) electrons. The fraction of sp³-hybridized carbons (Fsp3) is 0.0667. The summed E-state index contributed by atoms with van der Waals surface area (Å²) in [5, 5.41) is 5.42. The van der Waals surface area contributed by atoms with Crippen LogP contribution < -0.4 is 5.32 Å². The quantitative estimate of drug-likeness (QED) is 0.777. The van der Waals surface area contributed by atoms with E-state index in [-0.39, 0.29) is 5.75 Å². The van der Waals surface area contributed by atoms with E-state index in [0.717, 1.165) is 0 Å². The van der Waals surface area contributed by atoms with E-state index in [1.807, 2.05) is 18.2 Å². The zero-order valence-electron chi connectivity index (χ0n) is 11.5. The Balaban J connectivity index is 1.75. The number of pyridine rings is 1. The van der Waals surface area contributed by atoms with E-state index in [1.165, 1.54) is 11.3 Å². The normalized spacial score (nSPS) is 11.3. The summed E-state index contributed by atoms with van der Waals surface area (Å²) in [5.74, 6) is 0.562. The minimum atomic E-state index is -3.37. The standard InChI is InChI=1S/C15H13N3O2S2/c19-22(20,13-6-2-1-3-7-13)11-12-10-21-15(17-12)18-14-8-4-5-9-16-14/h1-10H,11H2,(H,16,17,18). The number of hydrogen-bond acceptors (Lipinski definition) is 6. The molecule has 3 rings (SSSR count). The van der Waals surface area contributed by atoms with Crippen LogP contribution in [0.3, 0.4) is 0 Å². The number of rotatable bonds is 5. The molecule has 0 aliphatic carbocycles. The zero-order valence-corrected chi connectivity index (χ0v) is 13.1.